The lowest BCUT2D eigenvalue weighted by Crippen LogP contribution is -2.55. The predicted octanol–water partition coefficient (Wildman–Crippen LogP) is 4.92. The molecule has 1 N–H and O–H groups in total. The summed E-state index contributed by atoms with van der Waals surface area (Å²) in [6, 6.07) is 21.6. The summed E-state index contributed by atoms with van der Waals surface area (Å²) in [6.45, 7) is 8.97. The molecule has 0 aliphatic heterocycles. The van der Waals surface area contributed by atoms with Gasteiger partial charge in [-0.1, -0.05) is 61.0 Å². The molecule has 9 heteroatoms. The van der Waals surface area contributed by atoms with Crippen molar-refractivity contribution in [3.63, 3.8) is 0 Å². The summed E-state index contributed by atoms with van der Waals surface area (Å²) in [4.78, 5) is 29.0. The summed E-state index contributed by atoms with van der Waals surface area (Å²) in [5.41, 5.74) is 1.51. The average Bonchev–Trinajstić information content (AvgIpc) is 2.91. The van der Waals surface area contributed by atoms with Gasteiger partial charge in [0.2, 0.25) is 11.8 Å². The van der Waals surface area contributed by atoms with Crippen molar-refractivity contribution in [1.82, 2.24) is 10.2 Å². The van der Waals surface area contributed by atoms with E-state index >= 15 is 0 Å². The molecule has 0 aliphatic carbocycles. The fraction of sp³-hybridized carbons (Fsp3) is 0.355. The molecule has 3 aromatic carbocycles. The van der Waals surface area contributed by atoms with Gasteiger partial charge in [0.05, 0.1) is 17.7 Å². The molecule has 3 rings (SSSR count). The number of carbonyl (C=O) groups excluding carboxylic acids is 2. The van der Waals surface area contributed by atoms with Crippen LogP contribution in [-0.4, -0.2) is 50.4 Å². The largest absolute Gasteiger partial charge is 0.497 e. The van der Waals surface area contributed by atoms with Crippen molar-refractivity contribution in [3.8, 4) is 5.75 Å². The summed E-state index contributed by atoms with van der Waals surface area (Å²) >= 11 is 0. The molecule has 1 atom stereocenters. The van der Waals surface area contributed by atoms with Crippen LogP contribution in [-0.2, 0) is 26.2 Å². The molecule has 214 valence electrons. The number of nitrogens with one attached hydrogen (secondary N) is 1. The standard InChI is InChI=1S/C31H39N3O5S/c1-7-28(30(36)32-31(3,4)5)33(21-24-12-9-8-10-13-24)29(35)22-34(25-14-11-15-26(20-25)39-6)40(37,38)27-18-16-23(2)17-19-27/h8-20,28H,7,21-22H2,1-6H3,(H,32,36). The molecule has 40 heavy (non-hydrogen) atoms. The Morgan fingerprint density at radius 1 is 0.950 bits per heavy atom. The molecule has 0 aromatic heterocycles. The maximum absolute atomic E-state index is 14.1. The number of anilines is 1. The van der Waals surface area contributed by atoms with Gasteiger partial charge in [-0.25, -0.2) is 8.42 Å². The van der Waals surface area contributed by atoms with Gasteiger partial charge in [-0.05, 0) is 63.9 Å². The molecule has 0 aliphatic rings. The van der Waals surface area contributed by atoms with Crippen LogP contribution in [0, 0.1) is 6.92 Å². The second-order valence-electron chi connectivity index (χ2n) is 10.7. The van der Waals surface area contributed by atoms with Crippen molar-refractivity contribution in [2.24, 2.45) is 0 Å². The second kappa shape index (κ2) is 13.0. The zero-order chi connectivity index (χ0) is 29.5. The van der Waals surface area contributed by atoms with Crippen LogP contribution in [0.2, 0.25) is 0 Å². The monoisotopic (exact) mass is 565 g/mol. The molecule has 0 saturated carbocycles. The SMILES string of the molecule is CCC(C(=O)NC(C)(C)C)N(Cc1ccccc1)C(=O)CN(c1cccc(OC)c1)S(=O)(=O)c1ccc(C)cc1. The number of aryl methyl sites for hydroxylation is 1. The molecular weight excluding hydrogens is 526 g/mol. The number of sulfonamides is 1. The third-order valence-corrected chi connectivity index (χ3v) is 8.10. The van der Waals surface area contributed by atoms with E-state index in [1.165, 1.54) is 24.1 Å². The zero-order valence-electron chi connectivity index (χ0n) is 24.0. The normalized spacial score (nSPS) is 12.3. The quantitative estimate of drug-likeness (QED) is 0.356. The minimum absolute atomic E-state index is 0.0563. The Labute approximate surface area is 238 Å². The van der Waals surface area contributed by atoms with E-state index in [0.717, 1.165) is 15.4 Å². The Morgan fingerprint density at radius 2 is 1.60 bits per heavy atom. The van der Waals surface area contributed by atoms with Crippen molar-refractivity contribution < 1.29 is 22.7 Å². The highest BCUT2D eigenvalue weighted by Crippen LogP contribution is 2.28. The number of benzene rings is 3. The number of ether oxygens (including phenoxy) is 1. The fourth-order valence-electron chi connectivity index (χ4n) is 4.28. The Morgan fingerprint density at radius 3 is 2.17 bits per heavy atom. The Hall–Kier alpha value is -3.85. The third-order valence-electron chi connectivity index (χ3n) is 6.31. The molecule has 2 amide bonds. The maximum atomic E-state index is 14.1. The lowest BCUT2D eigenvalue weighted by molar-refractivity contribution is -0.141. The van der Waals surface area contributed by atoms with Crippen molar-refractivity contribution in [2.45, 2.75) is 64.1 Å². The molecule has 0 radical (unpaired) electrons. The third kappa shape index (κ3) is 7.85. The van der Waals surface area contributed by atoms with Crippen LogP contribution in [0.1, 0.15) is 45.2 Å². The van der Waals surface area contributed by atoms with E-state index in [1.54, 1.807) is 36.4 Å². The van der Waals surface area contributed by atoms with Gasteiger partial charge in [0, 0.05) is 18.2 Å². The highest BCUT2D eigenvalue weighted by molar-refractivity contribution is 7.92. The predicted molar refractivity (Wildman–Crippen MR) is 158 cm³/mol. The smallest absolute Gasteiger partial charge is 0.264 e. The fourth-order valence-corrected chi connectivity index (χ4v) is 5.69. The van der Waals surface area contributed by atoms with E-state index in [4.69, 9.17) is 4.74 Å². The minimum atomic E-state index is -4.15. The van der Waals surface area contributed by atoms with Crippen LogP contribution in [0.4, 0.5) is 5.69 Å². The van der Waals surface area contributed by atoms with Crippen LogP contribution in [0.3, 0.4) is 0 Å². The Bertz CT molecular complexity index is 1400. The van der Waals surface area contributed by atoms with Crippen LogP contribution < -0.4 is 14.4 Å². The lowest BCUT2D eigenvalue weighted by Gasteiger charge is -2.34. The highest BCUT2D eigenvalue weighted by atomic mass is 32.2. The molecule has 3 aromatic rings. The molecular formula is C31H39N3O5S. The van der Waals surface area contributed by atoms with Gasteiger partial charge in [-0.15, -0.1) is 0 Å². The maximum Gasteiger partial charge on any atom is 0.264 e. The highest BCUT2D eigenvalue weighted by Gasteiger charge is 2.34. The first kappa shape index (κ1) is 30.7. The van der Waals surface area contributed by atoms with Crippen LogP contribution in [0.15, 0.2) is 83.8 Å². The van der Waals surface area contributed by atoms with E-state index in [9.17, 15) is 18.0 Å². The topological polar surface area (TPSA) is 96.0 Å². The van der Waals surface area contributed by atoms with E-state index in [0.29, 0.717) is 12.2 Å². The molecule has 0 spiro atoms. The zero-order valence-corrected chi connectivity index (χ0v) is 24.9. The van der Waals surface area contributed by atoms with Crippen molar-refractivity contribution in [1.29, 1.82) is 0 Å². The number of rotatable bonds is 11. The van der Waals surface area contributed by atoms with Gasteiger partial charge in [0.25, 0.3) is 10.0 Å². The van der Waals surface area contributed by atoms with Crippen molar-refractivity contribution in [3.05, 3.63) is 90.0 Å². The Kier molecular flexibility index (Phi) is 9.98. The molecule has 0 saturated heterocycles. The van der Waals surface area contributed by atoms with E-state index in [1.807, 2.05) is 65.0 Å². The van der Waals surface area contributed by atoms with Gasteiger partial charge in [-0.3, -0.25) is 13.9 Å². The molecule has 8 nitrogen and oxygen atoms in total. The van der Waals surface area contributed by atoms with E-state index in [-0.39, 0.29) is 23.0 Å². The van der Waals surface area contributed by atoms with Crippen LogP contribution in [0.5, 0.6) is 5.75 Å². The average molecular weight is 566 g/mol. The summed E-state index contributed by atoms with van der Waals surface area (Å²) in [5.74, 6) is -0.349. The summed E-state index contributed by atoms with van der Waals surface area (Å²) in [5, 5.41) is 2.97. The number of amides is 2. The first-order valence-corrected chi connectivity index (χ1v) is 14.7. The minimum Gasteiger partial charge on any atom is -0.497 e. The number of carbonyl (C=O) groups is 2. The van der Waals surface area contributed by atoms with Crippen LogP contribution >= 0.6 is 0 Å². The first-order chi connectivity index (χ1) is 18.9. The van der Waals surface area contributed by atoms with Crippen molar-refractivity contribution >= 4 is 27.5 Å². The second-order valence-corrected chi connectivity index (χ2v) is 12.6. The van der Waals surface area contributed by atoms with Gasteiger partial charge >= 0.3 is 0 Å². The van der Waals surface area contributed by atoms with Crippen LogP contribution in [0.25, 0.3) is 0 Å². The van der Waals surface area contributed by atoms with E-state index < -0.39 is 34.1 Å². The number of methoxy groups -OCH3 is 1. The lowest BCUT2D eigenvalue weighted by atomic mass is 10.1. The summed E-state index contributed by atoms with van der Waals surface area (Å²) < 4.78 is 34.3. The van der Waals surface area contributed by atoms with Gasteiger partial charge in [0.1, 0.15) is 18.3 Å². The molecule has 0 heterocycles. The number of hydrogen-bond acceptors (Lipinski definition) is 5. The molecule has 1 unspecified atom stereocenters. The van der Waals surface area contributed by atoms with Gasteiger partial charge < -0.3 is 15.0 Å². The molecule has 0 bridgehead atoms. The number of hydrogen-bond donors (Lipinski definition) is 1. The van der Waals surface area contributed by atoms with Gasteiger partial charge in [-0.2, -0.15) is 0 Å². The van der Waals surface area contributed by atoms with Crippen molar-refractivity contribution in [2.75, 3.05) is 18.0 Å². The summed E-state index contributed by atoms with van der Waals surface area (Å²) in [6.07, 6.45) is 0.352. The number of nitrogens with zero attached hydrogens (tertiary/aromatic N) is 2. The molecule has 0 fully saturated rings. The first-order valence-electron chi connectivity index (χ1n) is 13.2. The summed E-state index contributed by atoms with van der Waals surface area (Å²) in [7, 11) is -2.66. The van der Waals surface area contributed by atoms with E-state index in [2.05, 4.69) is 5.32 Å². The van der Waals surface area contributed by atoms with Gasteiger partial charge in [0.15, 0.2) is 0 Å². The Balaban J connectivity index is 2.08.